The van der Waals surface area contributed by atoms with Gasteiger partial charge in [-0.05, 0) is 18.9 Å². The SMILES string of the molecule is CC#CCCC(O)(COC)c1ccccc1. The summed E-state index contributed by atoms with van der Waals surface area (Å²) in [5.74, 6) is 5.80. The number of aliphatic hydroxyl groups is 1. The van der Waals surface area contributed by atoms with Crippen molar-refractivity contribution in [3.8, 4) is 11.8 Å². The summed E-state index contributed by atoms with van der Waals surface area (Å²) in [6.45, 7) is 2.10. The first-order valence-electron chi connectivity index (χ1n) is 5.39. The first kappa shape index (κ1) is 12.8. The number of methoxy groups -OCH3 is 1. The van der Waals surface area contributed by atoms with E-state index < -0.39 is 5.60 Å². The van der Waals surface area contributed by atoms with Gasteiger partial charge < -0.3 is 9.84 Å². The summed E-state index contributed by atoms with van der Waals surface area (Å²) in [4.78, 5) is 0. The third-order valence-corrected chi connectivity index (χ3v) is 2.53. The molecule has 1 N–H and O–H groups in total. The molecule has 0 bridgehead atoms. The molecule has 0 aliphatic heterocycles. The van der Waals surface area contributed by atoms with Crippen molar-refractivity contribution in [2.24, 2.45) is 0 Å². The van der Waals surface area contributed by atoms with Crippen LogP contribution in [0.5, 0.6) is 0 Å². The highest BCUT2D eigenvalue weighted by Crippen LogP contribution is 2.26. The third kappa shape index (κ3) is 3.37. The second-order valence-corrected chi connectivity index (χ2v) is 3.76. The normalized spacial score (nSPS) is 13.7. The molecule has 1 aromatic rings. The van der Waals surface area contributed by atoms with Gasteiger partial charge in [-0.2, -0.15) is 0 Å². The lowest BCUT2D eigenvalue weighted by molar-refractivity contribution is -0.0410. The summed E-state index contributed by atoms with van der Waals surface area (Å²) >= 11 is 0. The minimum Gasteiger partial charge on any atom is -0.383 e. The second kappa shape index (κ2) is 6.32. The molecule has 0 amide bonds. The van der Waals surface area contributed by atoms with Gasteiger partial charge in [-0.15, -0.1) is 11.8 Å². The van der Waals surface area contributed by atoms with Gasteiger partial charge in [0.25, 0.3) is 0 Å². The Hall–Kier alpha value is -1.30. The molecule has 0 spiro atoms. The largest absolute Gasteiger partial charge is 0.383 e. The van der Waals surface area contributed by atoms with Crippen molar-refractivity contribution in [3.63, 3.8) is 0 Å². The molecule has 0 saturated carbocycles. The van der Waals surface area contributed by atoms with Crippen molar-refractivity contribution >= 4 is 0 Å². The van der Waals surface area contributed by atoms with Crippen LogP contribution in [0, 0.1) is 11.8 Å². The minimum atomic E-state index is -0.931. The van der Waals surface area contributed by atoms with E-state index >= 15 is 0 Å². The second-order valence-electron chi connectivity index (χ2n) is 3.76. The molecule has 86 valence electrons. The zero-order chi connectivity index (χ0) is 11.9. The molecule has 2 nitrogen and oxygen atoms in total. The average Bonchev–Trinajstić information content (AvgIpc) is 2.31. The van der Waals surface area contributed by atoms with Crippen LogP contribution in [0.2, 0.25) is 0 Å². The van der Waals surface area contributed by atoms with Crippen LogP contribution >= 0.6 is 0 Å². The lowest BCUT2D eigenvalue weighted by Crippen LogP contribution is -2.31. The van der Waals surface area contributed by atoms with Crippen LogP contribution in [0.4, 0.5) is 0 Å². The highest BCUT2D eigenvalue weighted by molar-refractivity contribution is 5.22. The molecule has 0 aliphatic carbocycles. The predicted molar refractivity (Wildman–Crippen MR) is 64.9 cm³/mol. The smallest absolute Gasteiger partial charge is 0.114 e. The summed E-state index contributed by atoms with van der Waals surface area (Å²) in [5, 5.41) is 10.5. The molecule has 0 radical (unpaired) electrons. The van der Waals surface area contributed by atoms with Crippen LogP contribution < -0.4 is 0 Å². The Balaban J connectivity index is 2.82. The molecule has 2 heteroatoms. The number of hydrogen-bond donors (Lipinski definition) is 1. The molecule has 0 fully saturated rings. The number of hydrogen-bond acceptors (Lipinski definition) is 2. The van der Waals surface area contributed by atoms with Crippen molar-refractivity contribution < 1.29 is 9.84 Å². The summed E-state index contributed by atoms with van der Waals surface area (Å²) in [6.07, 6.45) is 1.26. The van der Waals surface area contributed by atoms with Crippen LogP contribution in [0.1, 0.15) is 25.3 Å². The van der Waals surface area contributed by atoms with Gasteiger partial charge in [-0.1, -0.05) is 30.3 Å². The molecule has 1 unspecified atom stereocenters. The van der Waals surface area contributed by atoms with Crippen LogP contribution in [0.3, 0.4) is 0 Å². The fraction of sp³-hybridized carbons (Fsp3) is 0.429. The summed E-state index contributed by atoms with van der Waals surface area (Å²) < 4.78 is 5.09. The van der Waals surface area contributed by atoms with Gasteiger partial charge >= 0.3 is 0 Å². The van der Waals surface area contributed by atoms with Crippen molar-refractivity contribution in [1.82, 2.24) is 0 Å². The fourth-order valence-corrected chi connectivity index (χ4v) is 1.68. The Labute approximate surface area is 97.3 Å². The molecule has 0 aromatic heterocycles. The molecule has 1 aromatic carbocycles. The monoisotopic (exact) mass is 218 g/mol. The van der Waals surface area contributed by atoms with E-state index in [1.807, 2.05) is 30.3 Å². The van der Waals surface area contributed by atoms with Crippen molar-refractivity contribution in [3.05, 3.63) is 35.9 Å². The van der Waals surface area contributed by atoms with Gasteiger partial charge in [0.1, 0.15) is 5.60 Å². The zero-order valence-electron chi connectivity index (χ0n) is 9.86. The lowest BCUT2D eigenvalue weighted by Gasteiger charge is -2.27. The number of benzene rings is 1. The molecule has 1 atom stereocenters. The maximum Gasteiger partial charge on any atom is 0.114 e. The molecule has 1 rings (SSSR count). The maximum absolute atomic E-state index is 10.5. The Morgan fingerprint density at radius 1 is 1.31 bits per heavy atom. The molecule has 16 heavy (non-hydrogen) atoms. The van der Waals surface area contributed by atoms with Gasteiger partial charge in [0.15, 0.2) is 0 Å². The zero-order valence-corrected chi connectivity index (χ0v) is 9.86. The van der Waals surface area contributed by atoms with E-state index in [-0.39, 0.29) is 0 Å². The van der Waals surface area contributed by atoms with Crippen LogP contribution in [-0.2, 0) is 10.3 Å². The van der Waals surface area contributed by atoms with Gasteiger partial charge in [0.2, 0.25) is 0 Å². The Morgan fingerprint density at radius 3 is 2.56 bits per heavy atom. The van der Waals surface area contributed by atoms with Gasteiger partial charge in [-0.25, -0.2) is 0 Å². The van der Waals surface area contributed by atoms with E-state index in [2.05, 4.69) is 11.8 Å². The van der Waals surface area contributed by atoms with E-state index in [9.17, 15) is 5.11 Å². The van der Waals surface area contributed by atoms with E-state index in [0.29, 0.717) is 19.4 Å². The summed E-state index contributed by atoms with van der Waals surface area (Å²) in [5.41, 5.74) is -0.0467. The lowest BCUT2D eigenvalue weighted by atomic mass is 9.90. The first-order valence-corrected chi connectivity index (χ1v) is 5.39. The molecule has 0 saturated heterocycles. The minimum absolute atomic E-state index is 0.294. The summed E-state index contributed by atoms with van der Waals surface area (Å²) in [7, 11) is 1.60. The van der Waals surface area contributed by atoms with Crippen LogP contribution in [0.25, 0.3) is 0 Å². The third-order valence-electron chi connectivity index (χ3n) is 2.53. The molecular formula is C14H18O2. The standard InChI is InChI=1S/C14H18O2/c1-3-4-8-11-14(15,12-16-2)13-9-6-5-7-10-13/h5-7,9-10,15H,8,11-12H2,1-2H3. The van der Waals surface area contributed by atoms with E-state index in [1.54, 1.807) is 14.0 Å². The predicted octanol–water partition coefficient (Wildman–Crippen LogP) is 2.32. The van der Waals surface area contributed by atoms with Crippen molar-refractivity contribution in [2.75, 3.05) is 13.7 Å². The highest BCUT2D eigenvalue weighted by Gasteiger charge is 2.28. The van der Waals surface area contributed by atoms with Crippen LogP contribution in [0.15, 0.2) is 30.3 Å². The average molecular weight is 218 g/mol. The molecule has 0 heterocycles. The Bertz CT molecular complexity index is 361. The Morgan fingerprint density at radius 2 is 2.00 bits per heavy atom. The van der Waals surface area contributed by atoms with E-state index in [4.69, 9.17) is 4.74 Å². The number of rotatable bonds is 5. The quantitative estimate of drug-likeness (QED) is 0.769. The van der Waals surface area contributed by atoms with Crippen molar-refractivity contribution in [2.45, 2.75) is 25.4 Å². The van der Waals surface area contributed by atoms with Crippen LogP contribution in [-0.4, -0.2) is 18.8 Å². The summed E-state index contributed by atoms with van der Waals surface area (Å²) in [6, 6.07) is 9.60. The topological polar surface area (TPSA) is 29.5 Å². The van der Waals surface area contributed by atoms with Gasteiger partial charge in [0, 0.05) is 13.5 Å². The van der Waals surface area contributed by atoms with Crippen molar-refractivity contribution in [1.29, 1.82) is 0 Å². The molecule has 0 aliphatic rings. The number of ether oxygens (including phenoxy) is 1. The fourth-order valence-electron chi connectivity index (χ4n) is 1.68. The van der Waals surface area contributed by atoms with E-state index in [0.717, 1.165) is 5.56 Å². The maximum atomic E-state index is 10.5. The first-order chi connectivity index (χ1) is 7.73. The highest BCUT2D eigenvalue weighted by atomic mass is 16.5. The Kier molecular flexibility index (Phi) is 5.04. The van der Waals surface area contributed by atoms with E-state index in [1.165, 1.54) is 0 Å². The van der Waals surface area contributed by atoms with Gasteiger partial charge in [0.05, 0.1) is 6.61 Å². The molecular weight excluding hydrogens is 200 g/mol. The van der Waals surface area contributed by atoms with Gasteiger partial charge in [-0.3, -0.25) is 0 Å².